The van der Waals surface area contributed by atoms with E-state index in [1.807, 2.05) is 42.5 Å². The van der Waals surface area contributed by atoms with Gasteiger partial charge in [-0.25, -0.2) is 0 Å². The Balaban J connectivity index is 1.19. The fourth-order valence-corrected chi connectivity index (χ4v) is 6.53. The predicted octanol–water partition coefficient (Wildman–Crippen LogP) is 5.38. The van der Waals surface area contributed by atoms with E-state index in [9.17, 15) is 9.59 Å². The van der Waals surface area contributed by atoms with Crippen molar-refractivity contribution in [2.24, 2.45) is 23.2 Å². The highest BCUT2D eigenvalue weighted by Gasteiger charge is 2.51. The predicted molar refractivity (Wildman–Crippen MR) is 116 cm³/mol. The van der Waals surface area contributed by atoms with Gasteiger partial charge in [-0.05, 0) is 79.4 Å². The van der Waals surface area contributed by atoms with Crippen LogP contribution in [-0.4, -0.2) is 11.7 Å². The molecule has 6 rings (SSSR count). The fraction of sp³-hybridized carbons (Fsp3) is 0.462. The number of ketones is 1. The third kappa shape index (κ3) is 4.14. The monoisotopic (exact) mass is 403 g/mol. The highest BCUT2D eigenvalue weighted by atomic mass is 16.5. The lowest BCUT2D eigenvalue weighted by Gasteiger charge is -2.56. The number of ether oxygens (including phenoxy) is 1. The molecular formula is C26H29NO3. The highest BCUT2D eigenvalue weighted by molar-refractivity contribution is 6.40. The molecule has 30 heavy (non-hydrogen) atoms. The summed E-state index contributed by atoms with van der Waals surface area (Å²) in [6.45, 7) is 0.461. The normalized spacial score (nSPS) is 28.9. The van der Waals surface area contributed by atoms with Crippen molar-refractivity contribution in [3.63, 3.8) is 0 Å². The van der Waals surface area contributed by atoms with E-state index in [1.54, 1.807) is 12.1 Å². The van der Waals surface area contributed by atoms with Crippen LogP contribution in [0.1, 0.15) is 50.5 Å². The minimum absolute atomic E-state index is 0.0871. The number of benzene rings is 2. The van der Waals surface area contributed by atoms with Crippen LogP contribution in [0.3, 0.4) is 0 Å². The summed E-state index contributed by atoms with van der Waals surface area (Å²) < 4.78 is 5.83. The molecule has 2 aromatic rings. The van der Waals surface area contributed by atoms with Gasteiger partial charge < -0.3 is 10.1 Å². The molecule has 0 unspecified atom stereocenters. The summed E-state index contributed by atoms with van der Waals surface area (Å²) in [5, 5.41) is 2.79. The van der Waals surface area contributed by atoms with E-state index in [4.69, 9.17) is 4.74 Å². The van der Waals surface area contributed by atoms with Crippen molar-refractivity contribution >= 4 is 17.4 Å². The second kappa shape index (κ2) is 7.90. The molecule has 4 aliphatic carbocycles. The molecule has 4 bridgehead atoms. The number of hydrogen-bond acceptors (Lipinski definition) is 3. The maximum absolute atomic E-state index is 12.8. The summed E-state index contributed by atoms with van der Waals surface area (Å²) in [5.74, 6) is 2.25. The summed E-state index contributed by atoms with van der Waals surface area (Å²) in [6.07, 6.45) is 7.86. The van der Waals surface area contributed by atoms with Crippen molar-refractivity contribution in [1.82, 2.24) is 0 Å². The SMILES string of the molecule is O=C(CC12CC3CC(CC(C3)C1)C2)C(=O)Nc1cccc(OCc2ccccc2)c1. The van der Waals surface area contributed by atoms with Gasteiger partial charge in [0.25, 0.3) is 5.91 Å². The summed E-state index contributed by atoms with van der Waals surface area (Å²) in [4.78, 5) is 25.4. The summed E-state index contributed by atoms with van der Waals surface area (Å²) >= 11 is 0. The molecule has 4 saturated carbocycles. The zero-order valence-electron chi connectivity index (χ0n) is 17.3. The molecule has 156 valence electrons. The number of rotatable bonds is 7. The first-order chi connectivity index (χ1) is 14.6. The lowest BCUT2D eigenvalue weighted by molar-refractivity contribution is -0.139. The van der Waals surface area contributed by atoms with E-state index < -0.39 is 5.91 Å². The Morgan fingerprint density at radius 2 is 1.57 bits per heavy atom. The quantitative estimate of drug-likeness (QED) is 0.632. The minimum atomic E-state index is -0.494. The van der Waals surface area contributed by atoms with Crippen LogP contribution in [0.2, 0.25) is 0 Å². The van der Waals surface area contributed by atoms with Crippen molar-refractivity contribution in [3.8, 4) is 5.75 Å². The number of nitrogens with one attached hydrogen (secondary N) is 1. The van der Waals surface area contributed by atoms with Crippen molar-refractivity contribution < 1.29 is 14.3 Å². The topological polar surface area (TPSA) is 55.4 Å². The van der Waals surface area contributed by atoms with Gasteiger partial charge in [0.1, 0.15) is 12.4 Å². The average molecular weight is 404 g/mol. The van der Waals surface area contributed by atoms with Gasteiger partial charge in [-0.15, -0.1) is 0 Å². The molecule has 0 spiro atoms. The Morgan fingerprint density at radius 3 is 2.23 bits per heavy atom. The number of carbonyl (C=O) groups excluding carboxylic acids is 2. The number of Topliss-reactive ketones (excluding diaryl/α,β-unsaturated/α-hetero) is 1. The average Bonchev–Trinajstić information content (AvgIpc) is 2.72. The molecule has 0 aliphatic heterocycles. The molecule has 4 fully saturated rings. The summed E-state index contributed by atoms with van der Waals surface area (Å²) in [6, 6.07) is 17.2. The molecule has 0 heterocycles. The number of carbonyl (C=O) groups is 2. The van der Waals surface area contributed by atoms with Crippen LogP contribution in [0.5, 0.6) is 5.75 Å². The highest BCUT2D eigenvalue weighted by Crippen LogP contribution is 2.61. The van der Waals surface area contributed by atoms with Gasteiger partial charge in [-0.3, -0.25) is 9.59 Å². The Hall–Kier alpha value is -2.62. The van der Waals surface area contributed by atoms with E-state index >= 15 is 0 Å². The van der Waals surface area contributed by atoms with Gasteiger partial charge in [0.15, 0.2) is 0 Å². The van der Waals surface area contributed by atoms with Crippen LogP contribution in [0.25, 0.3) is 0 Å². The van der Waals surface area contributed by atoms with Crippen LogP contribution < -0.4 is 10.1 Å². The molecule has 4 heteroatoms. The van der Waals surface area contributed by atoms with Crippen LogP contribution in [0, 0.1) is 23.2 Å². The first kappa shape index (κ1) is 19.3. The number of amides is 1. The fourth-order valence-electron chi connectivity index (χ4n) is 6.53. The Kier molecular flexibility index (Phi) is 5.10. The Labute approximate surface area is 178 Å². The van der Waals surface area contributed by atoms with E-state index in [-0.39, 0.29) is 11.2 Å². The number of anilines is 1. The van der Waals surface area contributed by atoms with Crippen molar-refractivity contribution in [1.29, 1.82) is 0 Å². The molecule has 1 N–H and O–H groups in total. The van der Waals surface area contributed by atoms with Gasteiger partial charge >= 0.3 is 0 Å². The van der Waals surface area contributed by atoms with E-state index in [1.165, 1.54) is 19.3 Å². The second-order valence-corrected chi connectivity index (χ2v) is 9.77. The summed E-state index contributed by atoms with van der Waals surface area (Å²) in [5.41, 5.74) is 1.77. The van der Waals surface area contributed by atoms with Crippen LogP contribution in [-0.2, 0) is 16.2 Å². The van der Waals surface area contributed by atoms with Crippen LogP contribution in [0.15, 0.2) is 54.6 Å². The maximum Gasteiger partial charge on any atom is 0.291 e. The minimum Gasteiger partial charge on any atom is -0.489 e. The summed E-state index contributed by atoms with van der Waals surface area (Å²) in [7, 11) is 0. The van der Waals surface area contributed by atoms with E-state index in [0.717, 1.165) is 42.6 Å². The molecule has 0 atom stereocenters. The lowest BCUT2D eigenvalue weighted by atomic mass is 9.48. The van der Waals surface area contributed by atoms with E-state index in [0.29, 0.717) is 24.5 Å². The first-order valence-corrected chi connectivity index (χ1v) is 11.2. The Bertz CT molecular complexity index is 901. The maximum atomic E-state index is 12.8. The zero-order chi connectivity index (χ0) is 20.6. The molecule has 0 radical (unpaired) electrons. The third-order valence-corrected chi connectivity index (χ3v) is 7.29. The molecule has 4 aliphatic rings. The van der Waals surface area contributed by atoms with Crippen LogP contribution in [0.4, 0.5) is 5.69 Å². The molecule has 1 amide bonds. The van der Waals surface area contributed by atoms with Gasteiger partial charge in [-0.2, -0.15) is 0 Å². The zero-order valence-corrected chi connectivity index (χ0v) is 17.3. The molecule has 0 saturated heterocycles. The van der Waals surface area contributed by atoms with Crippen molar-refractivity contribution in [2.75, 3.05) is 5.32 Å². The van der Waals surface area contributed by atoms with Gasteiger partial charge in [0.05, 0.1) is 0 Å². The Morgan fingerprint density at radius 1 is 0.900 bits per heavy atom. The van der Waals surface area contributed by atoms with Crippen molar-refractivity contribution in [3.05, 3.63) is 60.2 Å². The molecule has 2 aromatic carbocycles. The lowest BCUT2D eigenvalue weighted by Crippen LogP contribution is -2.47. The smallest absolute Gasteiger partial charge is 0.291 e. The largest absolute Gasteiger partial charge is 0.489 e. The van der Waals surface area contributed by atoms with Crippen LogP contribution >= 0.6 is 0 Å². The van der Waals surface area contributed by atoms with Gasteiger partial charge in [0.2, 0.25) is 5.78 Å². The third-order valence-electron chi connectivity index (χ3n) is 7.29. The first-order valence-electron chi connectivity index (χ1n) is 11.2. The molecule has 4 nitrogen and oxygen atoms in total. The van der Waals surface area contributed by atoms with Gasteiger partial charge in [-0.1, -0.05) is 36.4 Å². The second-order valence-electron chi connectivity index (χ2n) is 9.77. The van der Waals surface area contributed by atoms with Crippen molar-refractivity contribution in [2.45, 2.75) is 51.6 Å². The standard InChI is InChI=1S/C26H29NO3/c28-24(16-26-13-19-9-20(14-26)11-21(10-19)15-26)25(29)27-22-7-4-8-23(12-22)30-17-18-5-2-1-3-6-18/h1-8,12,19-21H,9-11,13-17H2,(H,27,29). The number of hydrogen-bond donors (Lipinski definition) is 1. The molecule has 0 aromatic heterocycles. The van der Waals surface area contributed by atoms with E-state index in [2.05, 4.69) is 5.32 Å². The molecular weight excluding hydrogens is 374 g/mol. The van der Waals surface area contributed by atoms with Gasteiger partial charge in [0, 0.05) is 18.2 Å².